The Labute approximate surface area is 179 Å². The Morgan fingerprint density at radius 2 is 2.00 bits per heavy atom. The summed E-state index contributed by atoms with van der Waals surface area (Å²) in [6.45, 7) is 0.755. The molecule has 0 spiro atoms. The van der Waals surface area contributed by atoms with E-state index >= 15 is 0 Å². The molecule has 142 valence electrons. The van der Waals surface area contributed by atoms with E-state index in [0.717, 1.165) is 27.6 Å². The molecule has 0 saturated heterocycles. The monoisotopic (exact) mass is 495 g/mol. The van der Waals surface area contributed by atoms with E-state index in [1.165, 1.54) is 11.8 Å². The number of aromatic nitrogens is 1. The van der Waals surface area contributed by atoms with Crippen LogP contribution in [0.1, 0.15) is 16.7 Å². The van der Waals surface area contributed by atoms with Gasteiger partial charge in [-0.15, -0.1) is 35.7 Å². The predicted octanol–water partition coefficient (Wildman–Crippen LogP) is 4.94. The first-order valence-corrected chi connectivity index (χ1v) is 9.57. The Morgan fingerprint density at radius 1 is 1.22 bits per heavy atom. The van der Waals surface area contributed by atoms with E-state index in [4.69, 9.17) is 10.1 Å². The zero-order valence-corrected chi connectivity index (χ0v) is 18.1. The largest absolute Gasteiger partial charge is 0.445 e. The van der Waals surface area contributed by atoms with Crippen LogP contribution in [-0.4, -0.2) is 28.9 Å². The number of hydrogen-bond acceptors (Lipinski definition) is 4. The van der Waals surface area contributed by atoms with E-state index in [9.17, 15) is 4.79 Å². The Balaban J connectivity index is 0.00000261. The predicted molar refractivity (Wildman–Crippen MR) is 122 cm³/mol. The number of fused-ring (bicyclic) bond motifs is 1. The van der Waals surface area contributed by atoms with E-state index in [1.807, 2.05) is 61.0 Å². The van der Waals surface area contributed by atoms with Gasteiger partial charge in [0.1, 0.15) is 6.61 Å². The molecule has 1 aromatic heterocycles. The summed E-state index contributed by atoms with van der Waals surface area (Å²) in [7, 11) is 0. The normalized spacial score (nSPS) is 10.3. The summed E-state index contributed by atoms with van der Waals surface area (Å²) in [5, 5.41) is 12.4. The summed E-state index contributed by atoms with van der Waals surface area (Å²) in [4.78, 5) is 15.1. The van der Waals surface area contributed by atoms with Crippen LogP contribution in [0, 0.1) is 5.41 Å². The Kier molecular flexibility index (Phi) is 8.18. The van der Waals surface area contributed by atoms with Crippen molar-refractivity contribution in [2.75, 3.05) is 12.8 Å². The average Bonchev–Trinajstić information content (AvgIpc) is 3.09. The van der Waals surface area contributed by atoms with Crippen molar-refractivity contribution < 1.29 is 9.53 Å². The van der Waals surface area contributed by atoms with Crippen LogP contribution in [0.15, 0.2) is 54.7 Å². The van der Waals surface area contributed by atoms with Crippen LogP contribution in [0.5, 0.6) is 0 Å². The zero-order valence-electron chi connectivity index (χ0n) is 15.0. The maximum Gasteiger partial charge on any atom is 0.407 e. The zero-order chi connectivity index (χ0) is 18.4. The van der Waals surface area contributed by atoms with Gasteiger partial charge in [0.15, 0.2) is 0 Å². The molecule has 27 heavy (non-hydrogen) atoms. The van der Waals surface area contributed by atoms with Crippen LogP contribution < -0.4 is 5.32 Å². The fourth-order valence-corrected chi connectivity index (χ4v) is 3.08. The number of rotatable bonds is 6. The van der Waals surface area contributed by atoms with Crippen LogP contribution >= 0.6 is 35.7 Å². The molecule has 0 radical (unpaired) electrons. The van der Waals surface area contributed by atoms with Crippen LogP contribution in [0.4, 0.5) is 4.79 Å². The summed E-state index contributed by atoms with van der Waals surface area (Å²) >= 11 is 1.42. The van der Waals surface area contributed by atoms with Gasteiger partial charge in [-0.25, -0.2) is 4.79 Å². The number of halogens is 1. The fourth-order valence-electron chi connectivity index (χ4n) is 2.72. The fraction of sp³-hybridized carbons (Fsp3) is 0.200. The summed E-state index contributed by atoms with van der Waals surface area (Å²) in [6, 6.07) is 15.6. The SMILES string of the molecule is CSC(=N)c1ccc2[nH]cc(CCNC(=O)OCc3ccccc3)c2c1.I. The van der Waals surface area contributed by atoms with E-state index in [0.29, 0.717) is 18.0 Å². The quantitative estimate of drug-likeness (QED) is 0.258. The standard InChI is InChI=1S/C20H21N3O2S.HI/c1-26-19(21)15-7-8-18-17(11-15)16(12-23-18)9-10-22-20(24)25-13-14-5-3-2-4-6-14;/h2-8,11-12,21,23H,9-10,13H2,1H3,(H,22,24);1H. The lowest BCUT2D eigenvalue weighted by Gasteiger charge is -2.07. The Bertz CT molecular complexity index is 912. The lowest BCUT2D eigenvalue weighted by molar-refractivity contribution is 0.140. The number of thioether (sulfide) groups is 1. The van der Waals surface area contributed by atoms with Gasteiger partial charge >= 0.3 is 6.09 Å². The van der Waals surface area contributed by atoms with E-state index < -0.39 is 6.09 Å². The molecule has 7 heteroatoms. The minimum absolute atomic E-state index is 0. The molecule has 0 aliphatic carbocycles. The molecule has 3 rings (SSSR count). The van der Waals surface area contributed by atoms with Gasteiger partial charge in [-0.05, 0) is 35.9 Å². The van der Waals surface area contributed by atoms with Crippen molar-refractivity contribution in [2.45, 2.75) is 13.0 Å². The molecule has 1 amide bonds. The van der Waals surface area contributed by atoms with E-state index in [-0.39, 0.29) is 30.6 Å². The summed E-state index contributed by atoms with van der Waals surface area (Å²) in [6.07, 6.45) is 4.12. The smallest absolute Gasteiger partial charge is 0.407 e. The molecule has 0 saturated carbocycles. The van der Waals surface area contributed by atoms with Crippen molar-refractivity contribution in [1.29, 1.82) is 5.41 Å². The highest BCUT2D eigenvalue weighted by atomic mass is 127. The van der Waals surface area contributed by atoms with E-state index in [2.05, 4.69) is 10.3 Å². The molecule has 3 N–H and O–H groups in total. The molecule has 0 aliphatic heterocycles. The molecule has 0 aliphatic rings. The Hall–Kier alpha value is -2.00. The number of aromatic amines is 1. The van der Waals surface area contributed by atoms with Crippen molar-refractivity contribution in [1.82, 2.24) is 10.3 Å². The summed E-state index contributed by atoms with van der Waals surface area (Å²) in [5.74, 6) is 0. The minimum Gasteiger partial charge on any atom is -0.445 e. The maximum atomic E-state index is 11.8. The van der Waals surface area contributed by atoms with Gasteiger partial charge in [-0.2, -0.15) is 0 Å². The number of amides is 1. The Morgan fingerprint density at radius 3 is 2.74 bits per heavy atom. The first-order chi connectivity index (χ1) is 12.7. The van der Waals surface area contributed by atoms with Crippen molar-refractivity contribution in [3.63, 3.8) is 0 Å². The van der Waals surface area contributed by atoms with Gasteiger partial charge in [0.25, 0.3) is 0 Å². The maximum absolute atomic E-state index is 11.8. The third kappa shape index (κ3) is 5.74. The summed E-state index contributed by atoms with van der Waals surface area (Å²) in [5.41, 5.74) is 4.01. The molecule has 1 heterocycles. The topological polar surface area (TPSA) is 78.0 Å². The highest BCUT2D eigenvalue weighted by molar-refractivity contribution is 14.0. The number of hydrogen-bond donors (Lipinski definition) is 3. The molecule has 0 fully saturated rings. The van der Waals surface area contributed by atoms with Crippen LogP contribution in [-0.2, 0) is 17.8 Å². The van der Waals surface area contributed by atoms with Gasteiger partial charge < -0.3 is 15.0 Å². The van der Waals surface area contributed by atoms with Gasteiger partial charge in [0.05, 0.1) is 5.04 Å². The highest BCUT2D eigenvalue weighted by Crippen LogP contribution is 2.22. The third-order valence-electron chi connectivity index (χ3n) is 4.11. The average molecular weight is 495 g/mol. The number of alkyl carbamates (subject to hydrolysis) is 1. The number of benzene rings is 2. The van der Waals surface area contributed by atoms with Crippen molar-refractivity contribution in [2.24, 2.45) is 0 Å². The lowest BCUT2D eigenvalue weighted by Crippen LogP contribution is -2.26. The molecular formula is C20H22IN3O2S. The third-order valence-corrected chi connectivity index (χ3v) is 4.75. The number of nitrogens with one attached hydrogen (secondary N) is 3. The first kappa shape index (κ1) is 21.3. The molecule has 3 aromatic rings. The highest BCUT2D eigenvalue weighted by Gasteiger charge is 2.08. The number of carbonyl (C=O) groups excluding carboxylic acids is 1. The van der Waals surface area contributed by atoms with Crippen LogP contribution in [0.2, 0.25) is 0 Å². The molecule has 2 aromatic carbocycles. The van der Waals surface area contributed by atoms with Gasteiger partial charge in [-0.1, -0.05) is 36.4 Å². The van der Waals surface area contributed by atoms with Gasteiger partial charge in [-0.3, -0.25) is 5.41 Å². The first-order valence-electron chi connectivity index (χ1n) is 8.35. The second-order valence-electron chi connectivity index (χ2n) is 5.85. The van der Waals surface area contributed by atoms with E-state index in [1.54, 1.807) is 0 Å². The van der Waals surface area contributed by atoms with Crippen molar-refractivity contribution in [3.8, 4) is 0 Å². The van der Waals surface area contributed by atoms with Crippen LogP contribution in [0.3, 0.4) is 0 Å². The number of ether oxygens (including phenoxy) is 1. The van der Waals surface area contributed by atoms with Gasteiger partial charge in [0, 0.05) is 29.2 Å². The van der Waals surface area contributed by atoms with Crippen LogP contribution in [0.25, 0.3) is 10.9 Å². The minimum atomic E-state index is -0.418. The molecule has 0 bridgehead atoms. The molecular weight excluding hydrogens is 473 g/mol. The second kappa shape index (κ2) is 10.4. The molecule has 0 atom stereocenters. The molecule has 5 nitrogen and oxygen atoms in total. The van der Waals surface area contributed by atoms with Crippen molar-refractivity contribution >= 4 is 57.8 Å². The molecule has 0 unspecified atom stereocenters. The summed E-state index contributed by atoms with van der Waals surface area (Å²) < 4.78 is 5.21. The number of H-pyrrole nitrogens is 1. The lowest BCUT2D eigenvalue weighted by atomic mass is 10.1. The van der Waals surface area contributed by atoms with Gasteiger partial charge in [0.2, 0.25) is 0 Å². The second-order valence-corrected chi connectivity index (χ2v) is 6.66. The van der Waals surface area contributed by atoms with Crippen molar-refractivity contribution in [3.05, 3.63) is 71.4 Å². The number of carbonyl (C=O) groups is 1.